The third-order valence-electron chi connectivity index (χ3n) is 2.92. The quantitative estimate of drug-likeness (QED) is 0.915. The number of hydrogen-bond acceptors (Lipinski definition) is 3. The highest BCUT2D eigenvalue weighted by Gasteiger charge is 2.20. The lowest BCUT2D eigenvalue weighted by Crippen LogP contribution is -2.15. The second-order valence-electron chi connectivity index (χ2n) is 4.34. The third kappa shape index (κ3) is 2.74. The number of hydrogen-bond donors (Lipinski definition) is 2. The summed E-state index contributed by atoms with van der Waals surface area (Å²) < 4.78 is 27.1. The number of nitrogens with one attached hydrogen (secondary N) is 2. The zero-order chi connectivity index (χ0) is 14.2. The van der Waals surface area contributed by atoms with Crippen LogP contribution in [0.1, 0.15) is 16.8 Å². The molecule has 0 aliphatic rings. The minimum absolute atomic E-state index is 0.153. The number of H-pyrrole nitrogens is 1. The van der Waals surface area contributed by atoms with Crippen molar-refractivity contribution in [2.75, 3.05) is 4.72 Å². The molecule has 0 amide bonds. The first-order valence-corrected chi connectivity index (χ1v) is 7.48. The molecule has 0 bridgehead atoms. The maximum absolute atomic E-state index is 12.3. The molecule has 0 unspecified atom stereocenters. The van der Waals surface area contributed by atoms with E-state index in [9.17, 15) is 8.42 Å². The van der Waals surface area contributed by atoms with Crippen LogP contribution in [-0.2, 0) is 10.0 Å². The molecular weight excluding hydrogens is 286 g/mol. The van der Waals surface area contributed by atoms with Crippen LogP contribution < -0.4 is 4.72 Å². The van der Waals surface area contributed by atoms with Gasteiger partial charge in [0, 0.05) is 16.3 Å². The van der Waals surface area contributed by atoms with Crippen molar-refractivity contribution in [2.24, 2.45) is 0 Å². The molecule has 0 aliphatic carbocycles. The van der Waals surface area contributed by atoms with E-state index in [1.807, 2.05) is 6.92 Å². The van der Waals surface area contributed by atoms with Crippen LogP contribution >= 0.6 is 11.6 Å². The van der Waals surface area contributed by atoms with E-state index in [0.717, 1.165) is 11.3 Å². The maximum atomic E-state index is 12.3. The minimum atomic E-state index is -3.69. The van der Waals surface area contributed by atoms with Gasteiger partial charge in [-0.25, -0.2) is 8.42 Å². The Morgan fingerprint density at radius 2 is 1.95 bits per heavy atom. The number of nitrogens with zero attached hydrogens (tertiary/aromatic N) is 1. The Morgan fingerprint density at radius 1 is 1.26 bits per heavy atom. The zero-order valence-electron chi connectivity index (χ0n) is 10.8. The number of sulfonamides is 1. The fourth-order valence-electron chi connectivity index (χ4n) is 1.63. The highest BCUT2D eigenvalue weighted by Crippen LogP contribution is 2.23. The lowest BCUT2D eigenvalue weighted by atomic mass is 10.2. The van der Waals surface area contributed by atoms with Crippen molar-refractivity contribution in [3.8, 4) is 0 Å². The molecule has 1 aromatic heterocycles. The molecule has 7 heteroatoms. The highest BCUT2D eigenvalue weighted by molar-refractivity contribution is 7.92. The second kappa shape index (κ2) is 4.86. The molecule has 19 heavy (non-hydrogen) atoms. The topological polar surface area (TPSA) is 74.8 Å². The third-order valence-corrected chi connectivity index (χ3v) is 4.64. The van der Waals surface area contributed by atoms with Crippen molar-refractivity contribution in [3.05, 3.63) is 40.0 Å². The summed E-state index contributed by atoms with van der Waals surface area (Å²) in [4.78, 5) is 0.153. The van der Waals surface area contributed by atoms with Gasteiger partial charge < -0.3 is 0 Å². The molecule has 102 valence electrons. The van der Waals surface area contributed by atoms with Crippen molar-refractivity contribution in [1.82, 2.24) is 10.2 Å². The summed E-state index contributed by atoms with van der Waals surface area (Å²) in [6.45, 7) is 5.33. The SMILES string of the molecule is Cc1ccc(Cl)cc1S(=O)(=O)Nc1n[nH]c(C)c1C. The molecule has 0 atom stereocenters. The highest BCUT2D eigenvalue weighted by atomic mass is 35.5. The Morgan fingerprint density at radius 3 is 2.53 bits per heavy atom. The number of halogens is 1. The number of benzene rings is 1. The largest absolute Gasteiger partial charge is 0.280 e. The average Bonchev–Trinajstić information content (AvgIpc) is 2.63. The summed E-state index contributed by atoms with van der Waals surface area (Å²) in [6, 6.07) is 4.74. The Kier molecular flexibility index (Phi) is 3.56. The van der Waals surface area contributed by atoms with E-state index in [4.69, 9.17) is 11.6 Å². The summed E-state index contributed by atoms with van der Waals surface area (Å²) in [5, 5.41) is 7.04. The number of aromatic amines is 1. The standard InChI is InChI=1S/C12H14ClN3O2S/c1-7-4-5-10(13)6-11(7)19(17,18)16-12-8(2)9(3)14-15-12/h4-6H,1-3H3,(H2,14,15,16). The van der Waals surface area contributed by atoms with Crippen molar-refractivity contribution in [1.29, 1.82) is 0 Å². The van der Waals surface area contributed by atoms with E-state index in [-0.39, 0.29) is 4.90 Å². The van der Waals surface area contributed by atoms with Gasteiger partial charge in [-0.1, -0.05) is 17.7 Å². The summed E-state index contributed by atoms with van der Waals surface area (Å²) in [5.74, 6) is 0.303. The Labute approximate surface area is 117 Å². The molecule has 2 rings (SSSR count). The molecule has 1 heterocycles. The molecule has 1 aromatic carbocycles. The Bertz CT molecular complexity index is 723. The second-order valence-corrected chi connectivity index (χ2v) is 6.42. The van der Waals surface area contributed by atoms with Crippen LogP contribution in [0.3, 0.4) is 0 Å². The maximum Gasteiger partial charge on any atom is 0.263 e. The molecular formula is C12H14ClN3O2S. The van der Waals surface area contributed by atoms with E-state index in [1.54, 1.807) is 26.0 Å². The number of aryl methyl sites for hydroxylation is 2. The Balaban J connectivity index is 2.43. The number of aromatic nitrogens is 2. The van der Waals surface area contributed by atoms with Gasteiger partial charge in [-0.05, 0) is 38.5 Å². The fraction of sp³-hybridized carbons (Fsp3) is 0.250. The van der Waals surface area contributed by atoms with Crippen LogP contribution in [0.4, 0.5) is 5.82 Å². The summed E-state index contributed by atoms with van der Waals surface area (Å²) in [6.07, 6.45) is 0. The predicted octanol–water partition coefficient (Wildman–Crippen LogP) is 2.79. The molecule has 0 saturated heterocycles. The first-order valence-electron chi connectivity index (χ1n) is 5.62. The van der Waals surface area contributed by atoms with Crippen LogP contribution in [0, 0.1) is 20.8 Å². The Hall–Kier alpha value is -1.53. The first kappa shape index (κ1) is 13.9. The van der Waals surface area contributed by atoms with Gasteiger partial charge in [0.05, 0.1) is 4.90 Å². The van der Waals surface area contributed by atoms with Gasteiger partial charge in [0.2, 0.25) is 0 Å². The van der Waals surface area contributed by atoms with Crippen molar-refractivity contribution in [3.63, 3.8) is 0 Å². The predicted molar refractivity (Wildman–Crippen MR) is 75.1 cm³/mol. The van der Waals surface area contributed by atoms with Crippen LogP contribution in [-0.4, -0.2) is 18.6 Å². The normalized spacial score (nSPS) is 11.6. The van der Waals surface area contributed by atoms with Crippen molar-refractivity contribution >= 4 is 27.4 Å². The van der Waals surface area contributed by atoms with Crippen LogP contribution in [0.25, 0.3) is 0 Å². The molecule has 0 spiro atoms. The van der Waals surface area contributed by atoms with Gasteiger partial charge in [-0.2, -0.15) is 5.10 Å². The smallest absolute Gasteiger partial charge is 0.263 e. The van der Waals surface area contributed by atoms with E-state index in [0.29, 0.717) is 16.4 Å². The lowest BCUT2D eigenvalue weighted by molar-refractivity contribution is 0.600. The summed E-state index contributed by atoms with van der Waals surface area (Å²) >= 11 is 5.85. The van der Waals surface area contributed by atoms with Gasteiger partial charge in [0.1, 0.15) is 0 Å². The van der Waals surface area contributed by atoms with Crippen molar-refractivity contribution in [2.45, 2.75) is 25.7 Å². The van der Waals surface area contributed by atoms with Gasteiger partial charge in [0.15, 0.2) is 5.82 Å². The van der Waals surface area contributed by atoms with Crippen LogP contribution in [0.5, 0.6) is 0 Å². The van der Waals surface area contributed by atoms with Gasteiger partial charge in [-0.15, -0.1) is 0 Å². The molecule has 0 fully saturated rings. The molecule has 2 N–H and O–H groups in total. The van der Waals surface area contributed by atoms with Crippen molar-refractivity contribution < 1.29 is 8.42 Å². The molecule has 5 nitrogen and oxygen atoms in total. The molecule has 2 aromatic rings. The van der Waals surface area contributed by atoms with Gasteiger partial charge in [0.25, 0.3) is 10.0 Å². The van der Waals surface area contributed by atoms with E-state index in [1.165, 1.54) is 6.07 Å². The monoisotopic (exact) mass is 299 g/mol. The summed E-state index contributed by atoms with van der Waals surface area (Å²) in [7, 11) is -3.69. The van der Waals surface area contributed by atoms with E-state index >= 15 is 0 Å². The minimum Gasteiger partial charge on any atom is -0.280 e. The van der Waals surface area contributed by atoms with E-state index < -0.39 is 10.0 Å². The number of anilines is 1. The first-order chi connectivity index (χ1) is 8.81. The van der Waals surface area contributed by atoms with Crippen LogP contribution in [0.15, 0.2) is 23.1 Å². The fourth-order valence-corrected chi connectivity index (χ4v) is 3.20. The van der Waals surface area contributed by atoms with Gasteiger partial charge >= 0.3 is 0 Å². The zero-order valence-corrected chi connectivity index (χ0v) is 12.4. The van der Waals surface area contributed by atoms with Gasteiger partial charge in [-0.3, -0.25) is 9.82 Å². The molecule has 0 aliphatic heterocycles. The molecule has 0 saturated carbocycles. The number of rotatable bonds is 3. The summed E-state index contributed by atoms with van der Waals surface area (Å²) in [5.41, 5.74) is 2.21. The average molecular weight is 300 g/mol. The van der Waals surface area contributed by atoms with Crippen LogP contribution in [0.2, 0.25) is 5.02 Å². The van der Waals surface area contributed by atoms with E-state index in [2.05, 4.69) is 14.9 Å². The molecule has 0 radical (unpaired) electrons. The lowest BCUT2D eigenvalue weighted by Gasteiger charge is -2.09.